The van der Waals surface area contributed by atoms with Gasteiger partial charge in [0.1, 0.15) is 6.61 Å². The maximum Gasteiger partial charge on any atom is 0.317 e. The summed E-state index contributed by atoms with van der Waals surface area (Å²) in [5.41, 5.74) is 1.85. The summed E-state index contributed by atoms with van der Waals surface area (Å²) in [5, 5.41) is 3.50. The molecule has 0 radical (unpaired) electrons. The molecule has 2 amide bonds. The number of carbonyl (C=O) groups is 2. The van der Waals surface area contributed by atoms with Crippen LogP contribution in [0.2, 0.25) is 5.02 Å². The van der Waals surface area contributed by atoms with Gasteiger partial charge in [0.15, 0.2) is 0 Å². The van der Waals surface area contributed by atoms with Crippen LogP contribution in [0.5, 0.6) is 0 Å². The second kappa shape index (κ2) is 8.63. The van der Waals surface area contributed by atoms with E-state index in [1.807, 2.05) is 32.0 Å². The predicted molar refractivity (Wildman–Crippen MR) is 86.9 cm³/mol. The molecule has 0 saturated heterocycles. The van der Waals surface area contributed by atoms with Gasteiger partial charge in [-0.1, -0.05) is 36.7 Å². The SMILES string of the molecule is CCC(COC(C)=O)N(C)C(=O)NCc1cccc(C)c1Cl. The number of likely N-dealkylation sites (N-methyl/N-ethyl adjacent to an activating group) is 1. The van der Waals surface area contributed by atoms with Gasteiger partial charge in [-0.3, -0.25) is 4.79 Å². The molecule has 122 valence electrons. The Kier molecular flexibility index (Phi) is 7.18. The minimum Gasteiger partial charge on any atom is -0.464 e. The number of rotatable bonds is 6. The Bertz CT molecular complexity index is 534. The first kappa shape index (κ1) is 18.3. The van der Waals surface area contributed by atoms with E-state index in [0.717, 1.165) is 11.1 Å². The van der Waals surface area contributed by atoms with Gasteiger partial charge in [0.25, 0.3) is 0 Å². The number of benzene rings is 1. The first-order valence-corrected chi connectivity index (χ1v) is 7.62. The van der Waals surface area contributed by atoms with Gasteiger partial charge in [-0.25, -0.2) is 4.79 Å². The summed E-state index contributed by atoms with van der Waals surface area (Å²) in [4.78, 5) is 24.6. The molecule has 5 nitrogen and oxygen atoms in total. The molecular weight excluding hydrogens is 304 g/mol. The molecule has 1 N–H and O–H groups in total. The number of amides is 2. The van der Waals surface area contributed by atoms with E-state index < -0.39 is 0 Å². The van der Waals surface area contributed by atoms with Crippen LogP contribution in [0.15, 0.2) is 18.2 Å². The molecule has 0 bridgehead atoms. The van der Waals surface area contributed by atoms with Gasteiger partial charge < -0.3 is 15.0 Å². The average Bonchev–Trinajstić information content (AvgIpc) is 2.48. The number of ether oxygens (including phenoxy) is 1. The molecule has 0 spiro atoms. The molecule has 0 aromatic heterocycles. The van der Waals surface area contributed by atoms with Crippen molar-refractivity contribution in [2.75, 3.05) is 13.7 Å². The van der Waals surface area contributed by atoms with Crippen molar-refractivity contribution in [1.82, 2.24) is 10.2 Å². The first-order chi connectivity index (χ1) is 10.4. The molecule has 0 saturated carbocycles. The zero-order valence-corrected chi connectivity index (χ0v) is 14.2. The molecule has 0 heterocycles. The summed E-state index contributed by atoms with van der Waals surface area (Å²) in [6.07, 6.45) is 0.697. The van der Waals surface area contributed by atoms with Crippen molar-refractivity contribution < 1.29 is 14.3 Å². The molecule has 1 unspecified atom stereocenters. The number of carbonyl (C=O) groups excluding carboxylic acids is 2. The molecule has 0 fully saturated rings. The van der Waals surface area contributed by atoms with Crippen LogP contribution in [-0.4, -0.2) is 36.6 Å². The number of hydrogen-bond donors (Lipinski definition) is 1. The Morgan fingerprint density at radius 2 is 2.09 bits per heavy atom. The fourth-order valence-electron chi connectivity index (χ4n) is 2.02. The Morgan fingerprint density at radius 3 is 2.68 bits per heavy atom. The summed E-state index contributed by atoms with van der Waals surface area (Å²) in [5.74, 6) is -0.348. The lowest BCUT2D eigenvalue weighted by Gasteiger charge is -2.27. The highest BCUT2D eigenvalue weighted by Gasteiger charge is 2.19. The van der Waals surface area contributed by atoms with Crippen molar-refractivity contribution >= 4 is 23.6 Å². The highest BCUT2D eigenvalue weighted by molar-refractivity contribution is 6.32. The molecule has 1 atom stereocenters. The molecule has 1 rings (SSSR count). The normalized spacial score (nSPS) is 11.7. The zero-order valence-electron chi connectivity index (χ0n) is 13.5. The van der Waals surface area contributed by atoms with Crippen molar-refractivity contribution in [3.63, 3.8) is 0 Å². The Balaban J connectivity index is 2.59. The molecular formula is C16H23ClN2O3. The second-order valence-electron chi connectivity index (χ2n) is 5.18. The summed E-state index contributed by atoms with van der Waals surface area (Å²) in [6, 6.07) is 5.33. The minimum atomic E-state index is -0.348. The van der Waals surface area contributed by atoms with Gasteiger partial charge in [0.2, 0.25) is 0 Å². The van der Waals surface area contributed by atoms with E-state index >= 15 is 0 Å². The van der Waals surface area contributed by atoms with Crippen molar-refractivity contribution in [2.24, 2.45) is 0 Å². The van der Waals surface area contributed by atoms with Crippen LogP contribution in [0.3, 0.4) is 0 Å². The number of hydrogen-bond acceptors (Lipinski definition) is 3. The van der Waals surface area contributed by atoms with Crippen molar-refractivity contribution in [1.29, 1.82) is 0 Å². The molecule has 0 aliphatic carbocycles. The first-order valence-electron chi connectivity index (χ1n) is 7.24. The lowest BCUT2D eigenvalue weighted by atomic mass is 10.1. The molecule has 6 heteroatoms. The van der Waals surface area contributed by atoms with E-state index in [0.29, 0.717) is 18.0 Å². The van der Waals surface area contributed by atoms with Gasteiger partial charge >= 0.3 is 12.0 Å². The summed E-state index contributed by atoms with van der Waals surface area (Å²) in [7, 11) is 1.69. The Morgan fingerprint density at radius 1 is 1.41 bits per heavy atom. The fraction of sp³-hybridized carbons (Fsp3) is 0.500. The van der Waals surface area contributed by atoms with E-state index in [1.54, 1.807) is 11.9 Å². The van der Waals surface area contributed by atoms with E-state index in [9.17, 15) is 9.59 Å². The number of halogens is 1. The standard InChI is InChI=1S/C16H23ClN2O3/c1-5-14(10-22-12(3)20)19(4)16(21)18-9-13-8-6-7-11(2)15(13)17/h6-8,14H,5,9-10H2,1-4H3,(H,18,21). The summed E-state index contributed by atoms with van der Waals surface area (Å²) >= 11 is 6.21. The maximum absolute atomic E-state index is 12.2. The number of urea groups is 1. The lowest BCUT2D eigenvalue weighted by Crippen LogP contribution is -2.45. The molecule has 22 heavy (non-hydrogen) atoms. The fourth-order valence-corrected chi connectivity index (χ4v) is 2.22. The van der Waals surface area contributed by atoms with E-state index in [4.69, 9.17) is 16.3 Å². The average molecular weight is 327 g/mol. The number of esters is 1. The zero-order chi connectivity index (χ0) is 16.7. The Labute approximate surface area is 136 Å². The monoisotopic (exact) mass is 326 g/mol. The topological polar surface area (TPSA) is 58.6 Å². The Hall–Kier alpha value is -1.75. The van der Waals surface area contributed by atoms with E-state index in [1.165, 1.54) is 6.92 Å². The van der Waals surface area contributed by atoms with Gasteiger partial charge in [-0.05, 0) is 24.5 Å². The van der Waals surface area contributed by atoms with E-state index in [-0.39, 0.29) is 24.6 Å². The number of aryl methyl sites for hydroxylation is 1. The minimum absolute atomic E-state index is 0.156. The third kappa shape index (κ3) is 5.22. The molecule has 1 aromatic carbocycles. The number of nitrogens with zero attached hydrogens (tertiary/aromatic N) is 1. The van der Waals surface area contributed by atoms with Gasteiger partial charge in [-0.15, -0.1) is 0 Å². The largest absolute Gasteiger partial charge is 0.464 e. The van der Waals surface area contributed by atoms with Crippen molar-refractivity contribution in [3.05, 3.63) is 34.3 Å². The highest BCUT2D eigenvalue weighted by Crippen LogP contribution is 2.20. The van der Waals surface area contributed by atoms with Crippen LogP contribution in [0, 0.1) is 6.92 Å². The smallest absolute Gasteiger partial charge is 0.317 e. The van der Waals surface area contributed by atoms with Crippen molar-refractivity contribution in [3.8, 4) is 0 Å². The van der Waals surface area contributed by atoms with Crippen LogP contribution < -0.4 is 5.32 Å². The quantitative estimate of drug-likeness (QED) is 0.817. The predicted octanol–water partition coefficient (Wildman–Crippen LogP) is 3.13. The van der Waals surface area contributed by atoms with Crippen molar-refractivity contribution in [2.45, 2.75) is 39.8 Å². The number of nitrogens with one attached hydrogen (secondary N) is 1. The van der Waals surface area contributed by atoms with Gasteiger partial charge in [-0.2, -0.15) is 0 Å². The lowest BCUT2D eigenvalue weighted by molar-refractivity contribution is -0.142. The van der Waals surface area contributed by atoms with Crippen LogP contribution in [0.4, 0.5) is 4.79 Å². The van der Waals surface area contributed by atoms with Crippen LogP contribution >= 0.6 is 11.6 Å². The second-order valence-corrected chi connectivity index (χ2v) is 5.56. The van der Waals surface area contributed by atoms with Gasteiger partial charge in [0.05, 0.1) is 6.04 Å². The third-order valence-corrected chi connectivity index (χ3v) is 4.06. The highest BCUT2D eigenvalue weighted by atomic mass is 35.5. The molecule has 1 aromatic rings. The maximum atomic E-state index is 12.2. The van der Waals surface area contributed by atoms with Crippen LogP contribution in [-0.2, 0) is 16.1 Å². The summed E-state index contributed by atoms with van der Waals surface area (Å²) in [6.45, 7) is 5.77. The van der Waals surface area contributed by atoms with Gasteiger partial charge in [0, 0.05) is 25.5 Å². The van der Waals surface area contributed by atoms with Crippen LogP contribution in [0.25, 0.3) is 0 Å². The summed E-state index contributed by atoms with van der Waals surface area (Å²) < 4.78 is 4.98. The van der Waals surface area contributed by atoms with E-state index in [2.05, 4.69) is 5.32 Å². The third-order valence-electron chi connectivity index (χ3n) is 3.52. The van der Waals surface area contributed by atoms with Crippen LogP contribution in [0.1, 0.15) is 31.4 Å². The molecule has 0 aliphatic rings. The molecule has 0 aliphatic heterocycles.